The Morgan fingerprint density at radius 3 is 2.83 bits per heavy atom. The summed E-state index contributed by atoms with van der Waals surface area (Å²) in [4.78, 5) is 4.33. The lowest BCUT2D eigenvalue weighted by Crippen LogP contribution is -2.40. The molecule has 1 atom stereocenters. The Kier molecular flexibility index (Phi) is 5.91. The molecule has 2 aromatic carbocycles. The number of sulfonamides is 1. The fourth-order valence-electron chi connectivity index (χ4n) is 3.33. The number of thiophene rings is 1. The van der Waals surface area contributed by atoms with E-state index in [9.17, 15) is 8.42 Å². The molecule has 2 heterocycles. The van der Waals surface area contributed by atoms with Gasteiger partial charge in [0.2, 0.25) is 10.0 Å². The molecule has 0 amide bonds. The minimum atomic E-state index is -3.57. The number of nitrogens with one attached hydrogen (secondary N) is 2. The molecule has 4 rings (SSSR count). The fourth-order valence-corrected chi connectivity index (χ4v) is 5.38. The molecule has 0 saturated carbocycles. The number of pyridine rings is 1. The minimum Gasteiger partial charge on any atom is -0.315 e. The Morgan fingerprint density at radius 1 is 1.03 bits per heavy atom. The van der Waals surface area contributed by atoms with Crippen LogP contribution in [0.2, 0.25) is 0 Å². The largest absolute Gasteiger partial charge is 0.315 e. The van der Waals surface area contributed by atoms with Crippen molar-refractivity contribution in [1.82, 2.24) is 15.0 Å². The van der Waals surface area contributed by atoms with Gasteiger partial charge in [-0.25, -0.2) is 13.1 Å². The van der Waals surface area contributed by atoms with Crippen LogP contribution in [0.15, 0.2) is 71.2 Å². The van der Waals surface area contributed by atoms with Gasteiger partial charge < -0.3 is 5.32 Å². The third kappa shape index (κ3) is 4.82. The van der Waals surface area contributed by atoms with E-state index in [4.69, 9.17) is 0 Å². The maximum Gasteiger partial charge on any atom is 0.240 e. The van der Waals surface area contributed by atoms with E-state index < -0.39 is 10.0 Å². The van der Waals surface area contributed by atoms with Crippen LogP contribution in [-0.2, 0) is 16.4 Å². The van der Waals surface area contributed by atoms with Crippen LogP contribution in [0.4, 0.5) is 0 Å². The molecule has 150 valence electrons. The first-order chi connectivity index (χ1) is 14.0. The van der Waals surface area contributed by atoms with Gasteiger partial charge in [-0.1, -0.05) is 18.2 Å². The van der Waals surface area contributed by atoms with Crippen molar-refractivity contribution in [2.24, 2.45) is 0 Å². The van der Waals surface area contributed by atoms with Gasteiger partial charge in [-0.2, -0.15) is 0 Å². The summed E-state index contributed by atoms with van der Waals surface area (Å²) < 4.78 is 29.4. The Bertz CT molecular complexity index is 1240. The number of fused-ring (bicyclic) bond motifs is 2. The summed E-state index contributed by atoms with van der Waals surface area (Å²) in [5.41, 5.74) is 1.28. The SMILES string of the molecule is CC(CNCCc1ccc2sccc2c1)NS(=O)(=O)c1ccc2cnccc2c1. The van der Waals surface area contributed by atoms with Crippen molar-refractivity contribution in [2.75, 3.05) is 13.1 Å². The van der Waals surface area contributed by atoms with Crippen LogP contribution < -0.4 is 10.0 Å². The monoisotopic (exact) mass is 425 g/mol. The normalized spacial score (nSPS) is 13.1. The van der Waals surface area contributed by atoms with Gasteiger partial charge in [0, 0.05) is 35.1 Å². The second-order valence-corrected chi connectivity index (χ2v) is 9.82. The van der Waals surface area contributed by atoms with E-state index in [1.807, 2.05) is 13.0 Å². The molecule has 29 heavy (non-hydrogen) atoms. The third-order valence-corrected chi connectivity index (χ3v) is 7.32. The molecule has 2 aromatic heterocycles. The van der Waals surface area contributed by atoms with Crippen molar-refractivity contribution in [2.45, 2.75) is 24.3 Å². The Morgan fingerprint density at radius 2 is 1.93 bits per heavy atom. The molecule has 5 nitrogen and oxygen atoms in total. The number of rotatable bonds is 8. The minimum absolute atomic E-state index is 0.215. The second-order valence-electron chi connectivity index (χ2n) is 7.15. The predicted molar refractivity (Wildman–Crippen MR) is 120 cm³/mol. The van der Waals surface area contributed by atoms with Crippen LogP contribution in [0.25, 0.3) is 20.9 Å². The molecule has 0 aliphatic heterocycles. The summed E-state index contributed by atoms with van der Waals surface area (Å²) in [6, 6.07) is 15.3. The first-order valence-electron chi connectivity index (χ1n) is 9.54. The summed E-state index contributed by atoms with van der Waals surface area (Å²) >= 11 is 1.75. The smallest absolute Gasteiger partial charge is 0.240 e. The van der Waals surface area contributed by atoms with Crippen molar-refractivity contribution in [3.05, 3.63) is 71.9 Å². The van der Waals surface area contributed by atoms with Gasteiger partial charge in [0.15, 0.2) is 0 Å². The average Bonchev–Trinajstić information content (AvgIpc) is 3.18. The Balaban J connectivity index is 1.30. The number of hydrogen-bond donors (Lipinski definition) is 2. The van der Waals surface area contributed by atoms with Gasteiger partial charge >= 0.3 is 0 Å². The molecule has 0 bridgehead atoms. The molecular formula is C22H23N3O2S2. The zero-order chi connectivity index (χ0) is 20.3. The highest BCUT2D eigenvalue weighted by Crippen LogP contribution is 2.22. The summed E-state index contributed by atoms with van der Waals surface area (Å²) in [5, 5.41) is 8.50. The molecule has 1 unspecified atom stereocenters. The molecule has 0 fully saturated rings. The van der Waals surface area contributed by atoms with Gasteiger partial charge in [0.25, 0.3) is 0 Å². The predicted octanol–water partition coefficient (Wildman–Crippen LogP) is 3.95. The van der Waals surface area contributed by atoms with Crippen molar-refractivity contribution in [1.29, 1.82) is 0 Å². The molecule has 0 aliphatic carbocycles. The van der Waals surface area contributed by atoms with E-state index in [0.717, 1.165) is 23.7 Å². The third-order valence-electron chi connectivity index (χ3n) is 4.84. The lowest BCUT2D eigenvalue weighted by Gasteiger charge is -2.15. The first-order valence-corrected chi connectivity index (χ1v) is 11.9. The average molecular weight is 426 g/mol. The number of benzene rings is 2. The summed E-state index contributed by atoms with van der Waals surface area (Å²) in [7, 11) is -3.57. The molecular weight excluding hydrogens is 402 g/mol. The first kappa shape index (κ1) is 20.0. The van der Waals surface area contributed by atoms with Crippen LogP contribution in [0, 0.1) is 0 Å². The maximum atomic E-state index is 12.7. The zero-order valence-corrected chi connectivity index (χ0v) is 17.8. The van der Waals surface area contributed by atoms with Gasteiger partial charge in [-0.05, 0) is 71.9 Å². The lowest BCUT2D eigenvalue weighted by atomic mass is 10.1. The highest BCUT2D eigenvalue weighted by molar-refractivity contribution is 7.89. The summed E-state index contributed by atoms with van der Waals surface area (Å²) in [6.45, 7) is 3.23. The van der Waals surface area contributed by atoms with E-state index in [2.05, 4.69) is 44.7 Å². The van der Waals surface area contributed by atoms with E-state index in [0.29, 0.717) is 6.54 Å². The van der Waals surface area contributed by atoms with Crippen molar-refractivity contribution in [3.63, 3.8) is 0 Å². The van der Waals surface area contributed by atoms with Crippen LogP contribution in [0.3, 0.4) is 0 Å². The van der Waals surface area contributed by atoms with Gasteiger partial charge in [0.05, 0.1) is 4.90 Å². The van der Waals surface area contributed by atoms with Crippen molar-refractivity contribution >= 4 is 42.2 Å². The number of hydrogen-bond acceptors (Lipinski definition) is 5. The number of nitrogens with zero attached hydrogens (tertiary/aromatic N) is 1. The molecule has 0 saturated heterocycles. The van der Waals surface area contributed by atoms with Gasteiger partial charge in [-0.3, -0.25) is 4.98 Å². The van der Waals surface area contributed by atoms with Crippen LogP contribution in [0.1, 0.15) is 12.5 Å². The van der Waals surface area contributed by atoms with Crippen molar-refractivity contribution < 1.29 is 8.42 Å². The van der Waals surface area contributed by atoms with Crippen LogP contribution in [0.5, 0.6) is 0 Å². The number of aromatic nitrogens is 1. The maximum absolute atomic E-state index is 12.7. The van der Waals surface area contributed by atoms with Crippen LogP contribution >= 0.6 is 11.3 Å². The quantitative estimate of drug-likeness (QED) is 0.419. The summed E-state index contributed by atoms with van der Waals surface area (Å²) in [5.74, 6) is 0. The molecule has 2 N–H and O–H groups in total. The van der Waals surface area contributed by atoms with Crippen molar-refractivity contribution in [3.8, 4) is 0 Å². The second kappa shape index (κ2) is 8.59. The summed E-state index contributed by atoms with van der Waals surface area (Å²) in [6.07, 6.45) is 4.29. The van der Waals surface area contributed by atoms with E-state index >= 15 is 0 Å². The van der Waals surface area contributed by atoms with Gasteiger partial charge in [-0.15, -0.1) is 11.3 Å². The molecule has 4 aromatic rings. The highest BCUT2D eigenvalue weighted by Gasteiger charge is 2.17. The topological polar surface area (TPSA) is 71.1 Å². The lowest BCUT2D eigenvalue weighted by molar-refractivity contribution is 0.537. The fraction of sp³-hybridized carbons (Fsp3) is 0.227. The van der Waals surface area contributed by atoms with E-state index in [1.165, 1.54) is 15.6 Å². The van der Waals surface area contributed by atoms with Crippen LogP contribution in [-0.4, -0.2) is 32.5 Å². The Labute approximate surface area is 174 Å². The Hall–Kier alpha value is -2.32. The molecule has 7 heteroatoms. The standard InChI is InChI=1S/C22H23N3O2S2/c1-16(14-23-9-6-17-2-5-22-19(12-17)8-11-28-22)25-29(26,27)21-4-3-20-15-24-10-7-18(20)13-21/h2-5,7-8,10-13,15-16,23,25H,6,9,14H2,1H3. The van der Waals surface area contributed by atoms with Gasteiger partial charge in [0.1, 0.15) is 0 Å². The van der Waals surface area contributed by atoms with E-state index in [-0.39, 0.29) is 10.9 Å². The molecule has 0 radical (unpaired) electrons. The van der Waals surface area contributed by atoms with E-state index in [1.54, 1.807) is 41.9 Å². The molecule has 0 spiro atoms. The molecule has 0 aliphatic rings. The highest BCUT2D eigenvalue weighted by atomic mass is 32.2. The zero-order valence-electron chi connectivity index (χ0n) is 16.1.